The third-order valence-corrected chi connectivity index (χ3v) is 7.31. The van der Waals surface area contributed by atoms with Crippen LogP contribution in [0.3, 0.4) is 0 Å². The van der Waals surface area contributed by atoms with Crippen LogP contribution in [0.25, 0.3) is 16.8 Å². The van der Waals surface area contributed by atoms with E-state index in [1.54, 1.807) is 48.5 Å². The molecule has 0 spiro atoms. The Hall–Kier alpha value is -3.39. The van der Waals surface area contributed by atoms with Gasteiger partial charge in [0.1, 0.15) is 5.75 Å². The number of benzene rings is 4. The zero-order valence-corrected chi connectivity index (χ0v) is 21.8. The molecule has 1 aliphatic rings. The molecule has 1 aliphatic heterocycles. The molecule has 5 nitrogen and oxygen atoms in total. The predicted octanol–water partition coefficient (Wildman–Crippen LogP) is 7.71. The van der Waals surface area contributed by atoms with E-state index in [2.05, 4.69) is 15.9 Å². The number of carbonyl (C=O) groups excluding carboxylic acids is 3. The summed E-state index contributed by atoms with van der Waals surface area (Å²) >= 11 is 10.4. The van der Waals surface area contributed by atoms with Crippen LogP contribution in [0.1, 0.15) is 21.5 Å². The molecule has 0 atom stereocenters. The molecule has 1 heterocycles. The molecule has 2 amide bonds. The van der Waals surface area contributed by atoms with Gasteiger partial charge in [-0.2, -0.15) is 0 Å². The minimum Gasteiger partial charge on any atom is -0.422 e. The Morgan fingerprint density at radius 2 is 1.69 bits per heavy atom. The summed E-state index contributed by atoms with van der Waals surface area (Å²) in [4.78, 5) is 40.0. The van der Waals surface area contributed by atoms with Crippen LogP contribution in [0.2, 0.25) is 5.02 Å². The maximum absolute atomic E-state index is 13.2. The van der Waals surface area contributed by atoms with Crippen molar-refractivity contribution < 1.29 is 19.1 Å². The van der Waals surface area contributed by atoms with Crippen LogP contribution in [-0.2, 0) is 11.3 Å². The van der Waals surface area contributed by atoms with Crippen LogP contribution >= 0.6 is 39.3 Å². The summed E-state index contributed by atoms with van der Waals surface area (Å²) < 4.78 is 6.32. The molecule has 8 heteroatoms. The molecule has 0 radical (unpaired) electrons. The lowest BCUT2D eigenvalue weighted by atomic mass is 10.1. The van der Waals surface area contributed by atoms with Crippen LogP contribution < -0.4 is 4.74 Å². The number of carbonyl (C=O) groups is 3. The fourth-order valence-corrected chi connectivity index (χ4v) is 5.22. The lowest BCUT2D eigenvalue weighted by Gasteiger charge is -2.13. The van der Waals surface area contributed by atoms with Gasteiger partial charge in [0.05, 0.1) is 22.0 Å². The average Bonchev–Trinajstić information content (AvgIpc) is 3.13. The van der Waals surface area contributed by atoms with Gasteiger partial charge >= 0.3 is 5.97 Å². The van der Waals surface area contributed by atoms with Gasteiger partial charge in [-0.25, -0.2) is 4.79 Å². The molecule has 5 rings (SSSR count). The second-order valence-corrected chi connectivity index (χ2v) is 10.3. The smallest absolute Gasteiger partial charge is 0.345 e. The topological polar surface area (TPSA) is 63.7 Å². The van der Waals surface area contributed by atoms with Gasteiger partial charge in [-0.3, -0.25) is 14.5 Å². The van der Waals surface area contributed by atoms with Gasteiger partial charge in [0.2, 0.25) is 0 Å². The molecule has 0 aromatic heterocycles. The first-order chi connectivity index (χ1) is 17.4. The van der Waals surface area contributed by atoms with Crippen molar-refractivity contribution in [2.75, 3.05) is 0 Å². The maximum atomic E-state index is 13.2. The van der Waals surface area contributed by atoms with Crippen LogP contribution in [0.5, 0.6) is 5.75 Å². The van der Waals surface area contributed by atoms with E-state index in [0.29, 0.717) is 5.56 Å². The Kier molecular flexibility index (Phi) is 6.96. The van der Waals surface area contributed by atoms with Gasteiger partial charge in [-0.1, -0.05) is 76.1 Å². The Bertz CT molecular complexity index is 1570. The van der Waals surface area contributed by atoms with E-state index in [0.717, 1.165) is 32.6 Å². The number of halogens is 2. The molecular weight excluding hydrogens is 562 g/mol. The summed E-state index contributed by atoms with van der Waals surface area (Å²) in [5.74, 6) is -0.784. The van der Waals surface area contributed by atoms with Crippen molar-refractivity contribution in [3.63, 3.8) is 0 Å². The van der Waals surface area contributed by atoms with Gasteiger partial charge in [-0.15, -0.1) is 0 Å². The molecule has 1 fully saturated rings. The van der Waals surface area contributed by atoms with E-state index in [1.165, 1.54) is 4.90 Å². The number of imide groups is 1. The summed E-state index contributed by atoms with van der Waals surface area (Å²) in [6.07, 6.45) is 1.56. The Balaban J connectivity index is 1.40. The van der Waals surface area contributed by atoms with Gasteiger partial charge in [0.15, 0.2) is 0 Å². The highest BCUT2D eigenvalue weighted by molar-refractivity contribution is 9.10. The lowest BCUT2D eigenvalue weighted by Crippen LogP contribution is -2.27. The van der Waals surface area contributed by atoms with Crippen LogP contribution in [0.15, 0.2) is 94.3 Å². The standard InChI is InChI=1S/C28H17BrClNO4S/c29-21-11-12-24(35-27(33)22-7-3-4-8-23(22)30)20(14-21)15-25-26(32)31(28(34)36-25)16-17-9-10-18-5-1-2-6-19(18)13-17/h1-15H,16H2/b25-15-. The number of thioether (sulfide) groups is 1. The van der Waals surface area contributed by atoms with E-state index in [9.17, 15) is 14.4 Å². The van der Waals surface area contributed by atoms with Crippen molar-refractivity contribution in [1.82, 2.24) is 4.90 Å². The van der Waals surface area contributed by atoms with E-state index in [1.807, 2.05) is 42.5 Å². The first-order valence-corrected chi connectivity index (χ1v) is 12.9. The predicted molar refractivity (Wildman–Crippen MR) is 146 cm³/mol. The highest BCUT2D eigenvalue weighted by Crippen LogP contribution is 2.36. The molecule has 0 N–H and O–H groups in total. The zero-order chi connectivity index (χ0) is 25.2. The number of ether oxygens (including phenoxy) is 1. The second-order valence-electron chi connectivity index (χ2n) is 8.00. The molecule has 36 heavy (non-hydrogen) atoms. The molecule has 4 aromatic carbocycles. The van der Waals surface area contributed by atoms with Gasteiger partial charge in [-0.05, 0) is 70.6 Å². The zero-order valence-electron chi connectivity index (χ0n) is 18.6. The van der Waals surface area contributed by atoms with Crippen molar-refractivity contribution in [1.29, 1.82) is 0 Å². The van der Waals surface area contributed by atoms with E-state index >= 15 is 0 Å². The monoisotopic (exact) mass is 577 g/mol. The summed E-state index contributed by atoms with van der Waals surface area (Å²) in [5.41, 5.74) is 1.55. The molecule has 0 aliphatic carbocycles. The summed E-state index contributed by atoms with van der Waals surface area (Å²) in [5, 5.41) is 2.04. The Labute approximate surface area is 224 Å². The van der Waals surface area contributed by atoms with E-state index < -0.39 is 11.9 Å². The van der Waals surface area contributed by atoms with Gasteiger partial charge < -0.3 is 4.74 Å². The quantitative estimate of drug-likeness (QED) is 0.138. The van der Waals surface area contributed by atoms with Crippen molar-refractivity contribution in [2.24, 2.45) is 0 Å². The number of fused-ring (bicyclic) bond motifs is 1. The molecule has 0 unspecified atom stereocenters. The SMILES string of the molecule is O=C(Oc1ccc(Br)cc1/C=C1\SC(=O)N(Cc2ccc3ccccc3c2)C1=O)c1ccccc1Cl. The number of amides is 2. The van der Waals surface area contributed by atoms with E-state index in [4.69, 9.17) is 16.3 Å². The normalized spacial score (nSPS) is 14.6. The first kappa shape index (κ1) is 24.3. The van der Waals surface area contributed by atoms with Gasteiger partial charge in [0.25, 0.3) is 11.1 Å². The molecule has 0 saturated carbocycles. The Morgan fingerprint density at radius 3 is 2.50 bits per heavy atom. The third-order valence-electron chi connectivity index (χ3n) is 5.58. The number of hydrogen-bond donors (Lipinski definition) is 0. The first-order valence-electron chi connectivity index (χ1n) is 10.9. The van der Waals surface area contributed by atoms with Crippen molar-refractivity contribution in [3.05, 3.63) is 116 Å². The number of rotatable bonds is 5. The van der Waals surface area contributed by atoms with Crippen LogP contribution in [-0.4, -0.2) is 22.0 Å². The summed E-state index contributed by atoms with van der Waals surface area (Å²) in [6, 6.07) is 25.4. The molecule has 0 bridgehead atoms. The number of esters is 1. The fraction of sp³-hybridized carbons (Fsp3) is 0.0357. The van der Waals surface area contributed by atoms with Crippen molar-refractivity contribution >= 4 is 73.3 Å². The summed E-state index contributed by atoms with van der Waals surface area (Å²) in [6.45, 7) is 0.166. The Morgan fingerprint density at radius 1 is 0.944 bits per heavy atom. The highest BCUT2D eigenvalue weighted by Gasteiger charge is 2.35. The third kappa shape index (κ3) is 5.09. The second kappa shape index (κ2) is 10.3. The molecular formula is C28H17BrClNO4S. The lowest BCUT2D eigenvalue weighted by molar-refractivity contribution is -0.123. The molecule has 1 saturated heterocycles. The minimum atomic E-state index is -0.623. The highest BCUT2D eigenvalue weighted by atomic mass is 79.9. The largest absolute Gasteiger partial charge is 0.422 e. The summed E-state index contributed by atoms with van der Waals surface area (Å²) in [7, 11) is 0. The fourth-order valence-electron chi connectivity index (χ4n) is 3.80. The van der Waals surface area contributed by atoms with Crippen LogP contribution in [0, 0.1) is 0 Å². The molecule has 4 aromatic rings. The van der Waals surface area contributed by atoms with Crippen molar-refractivity contribution in [2.45, 2.75) is 6.54 Å². The van der Waals surface area contributed by atoms with Crippen LogP contribution in [0.4, 0.5) is 4.79 Å². The molecule has 178 valence electrons. The minimum absolute atomic E-state index is 0.166. The number of hydrogen-bond acceptors (Lipinski definition) is 5. The van der Waals surface area contributed by atoms with Gasteiger partial charge in [0, 0.05) is 10.0 Å². The average molecular weight is 579 g/mol. The maximum Gasteiger partial charge on any atom is 0.345 e. The number of nitrogens with zero attached hydrogens (tertiary/aromatic N) is 1. The van der Waals surface area contributed by atoms with E-state index in [-0.39, 0.29) is 33.0 Å². The van der Waals surface area contributed by atoms with Crippen molar-refractivity contribution in [3.8, 4) is 5.75 Å².